The minimum absolute atomic E-state index is 0.241. The number of hydrogen-bond acceptors (Lipinski definition) is 6. The number of aryl methyl sites for hydroxylation is 2. The molecule has 0 spiro atoms. The maximum Gasteiger partial charge on any atom is 0.271 e. The van der Waals surface area contributed by atoms with Gasteiger partial charge in [0.25, 0.3) is 5.91 Å². The van der Waals surface area contributed by atoms with Gasteiger partial charge in [0, 0.05) is 24.8 Å². The van der Waals surface area contributed by atoms with Crippen LogP contribution >= 0.6 is 23.2 Å². The summed E-state index contributed by atoms with van der Waals surface area (Å²) in [6, 6.07) is 11.2. The largest absolute Gasteiger partial charge is 0.351 e. The molecule has 160 valence electrons. The van der Waals surface area contributed by atoms with Crippen molar-refractivity contribution in [3.05, 3.63) is 64.2 Å². The van der Waals surface area contributed by atoms with E-state index in [0.717, 1.165) is 5.56 Å². The van der Waals surface area contributed by atoms with Gasteiger partial charge in [-0.2, -0.15) is 10.2 Å². The summed E-state index contributed by atoms with van der Waals surface area (Å²) in [5.74, 6) is 0.260. The Balaban J connectivity index is 1.28. The van der Waals surface area contributed by atoms with Crippen LogP contribution < -0.4 is 5.32 Å². The molecule has 12 heteroatoms. The highest BCUT2D eigenvalue weighted by molar-refractivity contribution is 6.41. The van der Waals surface area contributed by atoms with Crippen molar-refractivity contribution in [3.63, 3.8) is 0 Å². The Hall–Kier alpha value is -3.24. The van der Waals surface area contributed by atoms with Crippen LogP contribution in [0.4, 0.5) is 0 Å². The molecule has 0 aliphatic rings. The highest BCUT2D eigenvalue weighted by Crippen LogP contribution is 2.24. The van der Waals surface area contributed by atoms with Crippen molar-refractivity contribution >= 4 is 29.1 Å². The van der Waals surface area contributed by atoms with Gasteiger partial charge in [-0.05, 0) is 24.6 Å². The molecule has 0 aliphatic carbocycles. The Bertz CT molecular complexity index is 1180. The number of tetrazole rings is 1. The number of hydrogen-bond donors (Lipinski definition) is 1. The molecule has 3 aromatic heterocycles. The first-order valence-electron chi connectivity index (χ1n) is 9.54. The van der Waals surface area contributed by atoms with E-state index in [1.54, 1.807) is 28.6 Å². The van der Waals surface area contributed by atoms with Crippen LogP contribution in [0.2, 0.25) is 10.2 Å². The smallest absolute Gasteiger partial charge is 0.271 e. The van der Waals surface area contributed by atoms with Crippen molar-refractivity contribution in [1.82, 2.24) is 45.1 Å². The zero-order valence-electron chi connectivity index (χ0n) is 16.6. The normalized spacial score (nSPS) is 11.1. The van der Waals surface area contributed by atoms with Crippen LogP contribution in [0.1, 0.15) is 22.6 Å². The average molecular weight is 460 g/mol. The molecule has 0 fully saturated rings. The number of nitrogens with zero attached hydrogens (tertiary/aromatic N) is 8. The molecule has 31 heavy (non-hydrogen) atoms. The van der Waals surface area contributed by atoms with Gasteiger partial charge in [-0.3, -0.25) is 9.48 Å². The van der Waals surface area contributed by atoms with E-state index < -0.39 is 0 Å². The highest BCUT2D eigenvalue weighted by atomic mass is 35.5. The fraction of sp³-hybridized carbons (Fsp3) is 0.263. The third-order valence-corrected chi connectivity index (χ3v) is 5.39. The number of rotatable bonds is 8. The van der Waals surface area contributed by atoms with Gasteiger partial charge in [-0.1, -0.05) is 53.5 Å². The molecular formula is C19H19Cl2N9O. The number of aromatic nitrogens is 8. The van der Waals surface area contributed by atoms with E-state index in [9.17, 15) is 4.79 Å². The molecule has 1 aromatic carbocycles. The van der Waals surface area contributed by atoms with Crippen molar-refractivity contribution in [2.45, 2.75) is 26.6 Å². The van der Waals surface area contributed by atoms with Gasteiger partial charge in [0.1, 0.15) is 15.9 Å². The molecule has 0 saturated carbocycles. The van der Waals surface area contributed by atoms with E-state index >= 15 is 0 Å². The molecule has 10 nitrogen and oxygen atoms in total. The predicted octanol–water partition coefficient (Wildman–Crippen LogP) is 2.67. The molecule has 4 aromatic rings. The Morgan fingerprint density at radius 3 is 2.65 bits per heavy atom. The zero-order chi connectivity index (χ0) is 21.8. The first-order chi connectivity index (χ1) is 15.0. The van der Waals surface area contributed by atoms with E-state index in [0.29, 0.717) is 46.9 Å². The lowest BCUT2D eigenvalue weighted by molar-refractivity contribution is 0.0946. The molecule has 0 saturated heterocycles. The first-order valence-corrected chi connectivity index (χ1v) is 10.3. The number of amides is 1. The molecule has 0 bridgehead atoms. The minimum Gasteiger partial charge on any atom is -0.351 e. The number of halogens is 2. The van der Waals surface area contributed by atoms with Crippen LogP contribution in [0, 0.1) is 6.92 Å². The van der Waals surface area contributed by atoms with Gasteiger partial charge in [0.2, 0.25) is 5.82 Å². The van der Waals surface area contributed by atoms with Crippen molar-refractivity contribution in [1.29, 1.82) is 0 Å². The Kier molecular flexibility index (Phi) is 6.28. The van der Waals surface area contributed by atoms with Crippen LogP contribution in [0.3, 0.4) is 0 Å². The molecule has 3 heterocycles. The molecular weight excluding hydrogens is 441 g/mol. The first kappa shape index (κ1) is 21.0. The topological polar surface area (TPSA) is 108 Å². The minimum atomic E-state index is -0.268. The molecule has 1 amide bonds. The average Bonchev–Trinajstić information content (AvgIpc) is 3.50. The van der Waals surface area contributed by atoms with Crippen LogP contribution in [-0.2, 0) is 13.2 Å². The fourth-order valence-corrected chi connectivity index (χ4v) is 3.29. The summed E-state index contributed by atoms with van der Waals surface area (Å²) >= 11 is 12.1. The maximum absolute atomic E-state index is 12.3. The lowest BCUT2D eigenvalue weighted by Crippen LogP contribution is -2.26. The molecule has 0 atom stereocenters. The van der Waals surface area contributed by atoms with Crippen molar-refractivity contribution in [3.8, 4) is 11.4 Å². The van der Waals surface area contributed by atoms with E-state index in [1.807, 2.05) is 30.3 Å². The third-order valence-electron chi connectivity index (χ3n) is 4.46. The monoisotopic (exact) mass is 459 g/mol. The lowest BCUT2D eigenvalue weighted by Gasteiger charge is -2.05. The standard InChI is InChI=1S/C19H19Cl2N9O/c1-13-16(20)17(21)29(24-13)10-5-9-22-19(31)15-8-11-28(25-15)12-30-26-18(23-27-30)14-6-3-2-4-7-14/h2-4,6-8,11H,5,9-10,12H2,1H3,(H,22,31). The Morgan fingerprint density at radius 1 is 1.10 bits per heavy atom. The summed E-state index contributed by atoms with van der Waals surface area (Å²) in [6.45, 7) is 3.03. The SMILES string of the molecule is Cc1nn(CCCNC(=O)c2ccn(Cn3nnc(-c4ccccc4)n3)n2)c(Cl)c1Cl. The van der Waals surface area contributed by atoms with E-state index in [4.69, 9.17) is 23.2 Å². The molecule has 1 N–H and O–H groups in total. The fourth-order valence-electron chi connectivity index (χ4n) is 2.90. The van der Waals surface area contributed by atoms with Crippen molar-refractivity contribution in [2.24, 2.45) is 0 Å². The summed E-state index contributed by atoms with van der Waals surface area (Å²) < 4.78 is 3.19. The van der Waals surface area contributed by atoms with Crippen molar-refractivity contribution < 1.29 is 4.79 Å². The quantitative estimate of drug-likeness (QED) is 0.405. The van der Waals surface area contributed by atoms with Gasteiger partial charge in [-0.25, -0.2) is 4.68 Å². The second kappa shape index (κ2) is 9.27. The maximum atomic E-state index is 12.3. The summed E-state index contributed by atoms with van der Waals surface area (Å²) in [6.07, 6.45) is 2.34. The summed E-state index contributed by atoms with van der Waals surface area (Å²) in [5.41, 5.74) is 1.86. The molecule has 4 rings (SSSR count). The van der Waals surface area contributed by atoms with Crippen LogP contribution in [0.5, 0.6) is 0 Å². The summed E-state index contributed by atoms with van der Waals surface area (Å²) in [5, 5.41) is 24.6. The third kappa shape index (κ3) is 4.92. The molecule has 0 aliphatic heterocycles. The summed E-state index contributed by atoms with van der Waals surface area (Å²) in [7, 11) is 0. The lowest BCUT2D eigenvalue weighted by atomic mass is 10.2. The van der Waals surface area contributed by atoms with E-state index in [-0.39, 0.29) is 12.6 Å². The van der Waals surface area contributed by atoms with Crippen LogP contribution in [0.15, 0.2) is 42.6 Å². The molecule has 0 unspecified atom stereocenters. The Morgan fingerprint density at radius 2 is 1.90 bits per heavy atom. The zero-order valence-corrected chi connectivity index (χ0v) is 18.1. The number of benzene rings is 1. The number of carbonyl (C=O) groups excluding carboxylic acids is 1. The van der Waals surface area contributed by atoms with Gasteiger partial charge >= 0.3 is 0 Å². The van der Waals surface area contributed by atoms with Crippen LogP contribution in [0.25, 0.3) is 11.4 Å². The van der Waals surface area contributed by atoms with Crippen LogP contribution in [-0.4, -0.2) is 52.2 Å². The Labute approximate surface area is 187 Å². The number of nitrogens with one attached hydrogen (secondary N) is 1. The van der Waals surface area contributed by atoms with Crippen molar-refractivity contribution in [2.75, 3.05) is 6.54 Å². The second-order valence-corrected chi connectivity index (χ2v) is 7.49. The van der Waals surface area contributed by atoms with Gasteiger partial charge < -0.3 is 5.32 Å². The second-order valence-electron chi connectivity index (χ2n) is 6.76. The van der Waals surface area contributed by atoms with Gasteiger partial charge in [0.15, 0.2) is 6.67 Å². The number of carbonyl (C=O) groups is 1. The van der Waals surface area contributed by atoms with E-state index in [2.05, 4.69) is 30.9 Å². The van der Waals surface area contributed by atoms with E-state index in [1.165, 1.54) is 4.80 Å². The predicted molar refractivity (Wildman–Crippen MR) is 115 cm³/mol. The van der Waals surface area contributed by atoms with Gasteiger partial charge in [-0.15, -0.1) is 15.0 Å². The highest BCUT2D eigenvalue weighted by Gasteiger charge is 2.12. The summed E-state index contributed by atoms with van der Waals surface area (Å²) in [4.78, 5) is 13.7. The van der Waals surface area contributed by atoms with Gasteiger partial charge in [0.05, 0.1) is 5.69 Å². The molecule has 0 radical (unpaired) electrons.